The van der Waals surface area contributed by atoms with Gasteiger partial charge in [0.15, 0.2) is 0 Å². The van der Waals surface area contributed by atoms with Gasteiger partial charge in [-0.1, -0.05) is 12.1 Å². The summed E-state index contributed by atoms with van der Waals surface area (Å²) in [5.41, 5.74) is 2.31. The van der Waals surface area contributed by atoms with Gasteiger partial charge in [0.2, 0.25) is 5.91 Å². The van der Waals surface area contributed by atoms with Crippen molar-refractivity contribution in [3.8, 4) is 5.75 Å². The van der Waals surface area contributed by atoms with Gasteiger partial charge >= 0.3 is 0 Å². The molecule has 0 aliphatic carbocycles. The van der Waals surface area contributed by atoms with E-state index in [1.165, 1.54) is 5.56 Å². The summed E-state index contributed by atoms with van der Waals surface area (Å²) < 4.78 is 5.70. The zero-order valence-electron chi connectivity index (χ0n) is 12.7. The van der Waals surface area contributed by atoms with Gasteiger partial charge in [-0.3, -0.25) is 4.79 Å². The number of aromatic nitrogens is 2. The predicted octanol–water partition coefficient (Wildman–Crippen LogP) is 2.45. The summed E-state index contributed by atoms with van der Waals surface area (Å²) in [5.74, 6) is 1.66. The lowest BCUT2D eigenvalue weighted by atomic mass is 10.1. The molecule has 0 bridgehead atoms. The summed E-state index contributed by atoms with van der Waals surface area (Å²) >= 11 is 0. The Hall–Kier alpha value is -2.30. The first-order chi connectivity index (χ1) is 10.1. The van der Waals surface area contributed by atoms with Crippen LogP contribution >= 0.6 is 0 Å². The van der Waals surface area contributed by atoms with E-state index in [9.17, 15) is 4.79 Å². The lowest BCUT2D eigenvalue weighted by Crippen LogP contribution is -2.28. The van der Waals surface area contributed by atoms with Crippen LogP contribution in [0.25, 0.3) is 0 Å². The highest BCUT2D eigenvalue weighted by Gasteiger charge is 2.11. The molecule has 0 radical (unpaired) electrons. The van der Waals surface area contributed by atoms with Crippen LogP contribution in [0, 0.1) is 13.8 Å². The molecule has 2 aromatic rings. The van der Waals surface area contributed by atoms with Gasteiger partial charge in [0.25, 0.3) is 0 Å². The molecule has 0 aliphatic rings. The predicted molar refractivity (Wildman–Crippen MR) is 81.1 cm³/mol. The molecule has 0 unspecified atom stereocenters. The zero-order valence-corrected chi connectivity index (χ0v) is 12.7. The Morgan fingerprint density at radius 1 is 1.38 bits per heavy atom. The largest absolute Gasteiger partial charge is 0.493 e. The molecule has 0 saturated carbocycles. The number of aryl methyl sites for hydroxylation is 1. The van der Waals surface area contributed by atoms with Gasteiger partial charge in [-0.2, -0.15) is 0 Å². The summed E-state index contributed by atoms with van der Waals surface area (Å²) in [6, 6.07) is 5.94. The van der Waals surface area contributed by atoms with Gasteiger partial charge in [-0.05, 0) is 31.0 Å². The van der Waals surface area contributed by atoms with Crippen LogP contribution < -0.4 is 4.74 Å². The number of nitrogens with one attached hydrogen (secondary N) is 1. The van der Waals surface area contributed by atoms with E-state index in [0.717, 1.165) is 17.1 Å². The maximum Gasteiger partial charge on any atom is 0.226 e. The van der Waals surface area contributed by atoms with Gasteiger partial charge in [0.05, 0.1) is 19.6 Å². The van der Waals surface area contributed by atoms with Crippen molar-refractivity contribution < 1.29 is 9.53 Å². The molecule has 21 heavy (non-hydrogen) atoms. The van der Waals surface area contributed by atoms with E-state index in [2.05, 4.69) is 9.97 Å². The average Bonchev–Trinajstić information content (AvgIpc) is 2.96. The van der Waals surface area contributed by atoms with Crippen molar-refractivity contribution in [2.45, 2.75) is 26.8 Å². The van der Waals surface area contributed by atoms with Gasteiger partial charge in [0, 0.05) is 19.4 Å². The van der Waals surface area contributed by atoms with E-state index in [4.69, 9.17) is 4.74 Å². The second kappa shape index (κ2) is 6.92. The first kappa shape index (κ1) is 15.1. The molecule has 2 rings (SSSR count). The Morgan fingerprint density at radius 2 is 2.19 bits per heavy atom. The third kappa shape index (κ3) is 4.08. The molecule has 1 heterocycles. The Labute approximate surface area is 125 Å². The molecule has 5 heteroatoms. The fraction of sp³-hybridized carbons (Fsp3) is 0.375. The van der Waals surface area contributed by atoms with Crippen LogP contribution in [0.2, 0.25) is 0 Å². The molecule has 1 aromatic carbocycles. The van der Waals surface area contributed by atoms with E-state index < -0.39 is 0 Å². The van der Waals surface area contributed by atoms with Crippen molar-refractivity contribution >= 4 is 5.91 Å². The summed E-state index contributed by atoms with van der Waals surface area (Å²) in [6.07, 6.45) is 3.78. The van der Waals surface area contributed by atoms with Crippen LogP contribution in [-0.2, 0) is 11.3 Å². The number of ether oxygens (including phenoxy) is 1. The Morgan fingerprint density at radius 3 is 2.90 bits per heavy atom. The smallest absolute Gasteiger partial charge is 0.226 e. The third-order valence-electron chi connectivity index (χ3n) is 3.50. The zero-order chi connectivity index (χ0) is 15.2. The number of imidazole rings is 1. The number of carbonyl (C=O) groups excluding carboxylic acids is 1. The van der Waals surface area contributed by atoms with Crippen LogP contribution in [0.4, 0.5) is 0 Å². The fourth-order valence-corrected chi connectivity index (χ4v) is 2.02. The molecule has 1 N–H and O–H groups in total. The minimum Gasteiger partial charge on any atom is -0.493 e. The molecule has 1 aromatic heterocycles. The lowest BCUT2D eigenvalue weighted by molar-refractivity contribution is -0.131. The highest BCUT2D eigenvalue weighted by molar-refractivity contribution is 5.75. The van der Waals surface area contributed by atoms with Crippen LogP contribution in [0.1, 0.15) is 23.4 Å². The van der Waals surface area contributed by atoms with Crippen molar-refractivity contribution in [2.24, 2.45) is 0 Å². The molecule has 0 saturated heterocycles. The summed E-state index contributed by atoms with van der Waals surface area (Å²) in [5, 5.41) is 0. The second-order valence-electron chi connectivity index (χ2n) is 5.08. The lowest BCUT2D eigenvalue weighted by Gasteiger charge is -2.16. The number of hydrogen-bond acceptors (Lipinski definition) is 3. The monoisotopic (exact) mass is 287 g/mol. The van der Waals surface area contributed by atoms with E-state index in [1.807, 2.05) is 32.0 Å². The minimum absolute atomic E-state index is 0.0386. The van der Waals surface area contributed by atoms with Crippen LogP contribution in [0.5, 0.6) is 5.75 Å². The highest BCUT2D eigenvalue weighted by atomic mass is 16.5. The van der Waals surface area contributed by atoms with Crippen LogP contribution in [0.15, 0.2) is 30.6 Å². The molecule has 0 spiro atoms. The molecule has 0 aliphatic heterocycles. The number of benzene rings is 1. The van der Waals surface area contributed by atoms with Crippen molar-refractivity contribution in [3.05, 3.63) is 47.5 Å². The fourth-order valence-electron chi connectivity index (χ4n) is 2.02. The normalized spacial score (nSPS) is 10.4. The summed E-state index contributed by atoms with van der Waals surface area (Å²) in [6.45, 7) is 4.93. The quantitative estimate of drug-likeness (QED) is 0.888. The number of nitrogens with zero attached hydrogens (tertiary/aromatic N) is 2. The number of amides is 1. The average molecular weight is 287 g/mol. The topological polar surface area (TPSA) is 58.2 Å². The first-order valence-corrected chi connectivity index (χ1v) is 6.99. The van der Waals surface area contributed by atoms with Crippen molar-refractivity contribution in [1.82, 2.24) is 14.9 Å². The van der Waals surface area contributed by atoms with E-state index in [1.54, 1.807) is 24.3 Å². The maximum atomic E-state index is 12.0. The van der Waals surface area contributed by atoms with Crippen molar-refractivity contribution in [2.75, 3.05) is 13.7 Å². The summed E-state index contributed by atoms with van der Waals surface area (Å²) in [4.78, 5) is 20.7. The Kier molecular flexibility index (Phi) is 4.98. The number of aromatic amines is 1. The van der Waals surface area contributed by atoms with Crippen LogP contribution in [-0.4, -0.2) is 34.4 Å². The highest BCUT2D eigenvalue weighted by Crippen LogP contribution is 2.20. The maximum absolute atomic E-state index is 12.0. The van der Waals surface area contributed by atoms with Crippen molar-refractivity contribution in [1.29, 1.82) is 0 Å². The summed E-state index contributed by atoms with van der Waals surface area (Å²) in [7, 11) is 1.77. The van der Waals surface area contributed by atoms with E-state index >= 15 is 0 Å². The molecule has 0 fully saturated rings. The minimum atomic E-state index is 0.0386. The molecule has 5 nitrogen and oxygen atoms in total. The SMILES string of the molecule is Cc1cccc(OCCC(=O)N(C)Cc2ncc[nH]2)c1C. The molecular weight excluding hydrogens is 266 g/mol. The Balaban J connectivity index is 1.80. The number of hydrogen-bond donors (Lipinski definition) is 1. The van der Waals surface area contributed by atoms with Crippen LogP contribution in [0.3, 0.4) is 0 Å². The number of carbonyl (C=O) groups is 1. The molecule has 112 valence electrons. The third-order valence-corrected chi connectivity index (χ3v) is 3.50. The van der Waals surface area contributed by atoms with E-state index in [0.29, 0.717) is 19.6 Å². The standard InChI is InChI=1S/C16H21N3O2/c1-12-5-4-6-14(13(12)2)21-10-7-16(20)19(3)11-15-17-8-9-18-15/h4-6,8-9H,7,10-11H2,1-3H3,(H,17,18). The van der Waals surface area contributed by atoms with Crippen molar-refractivity contribution in [3.63, 3.8) is 0 Å². The number of rotatable bonds is 6. The molecule has 0 atom stereocenters. The van der Waals surface area contributed by atoms with Gasteiger partial charge in [0.1, 0.15) is 11.6 Å². The number of H-pyrrole nitrogens is 1. The van der Waals surface area contributed by atoms with E-state index in [-0.39, 0.29) is 5.91 Å². The molecular formula is C16H21N3O2. The molecule has 1 amide bonds. The van der Waals surface area contributed by atoms with Gasteiger partial charge in [-0.15, -0.1) is 0 Å². The first-order valence-electron chi connectivity index (χ1n) is 6.99. The Bertz CT molecular complexity index is 594. The second-order valence-corrected chi connectivity index (χ2v) is 5.08. The van der Waals surface area contributed by atoms with Gasteiger partial charge < -0.3 is 14.6 Å². The van der Waals surface area contributed by atoms with Gasteiger partial charge in [-0.25, -0.2) is 4.98 Å².